The van der Waals surface area contributed by atoms with E-state index in [2.05, 4.69) is 10.3 Å². The summed E-state index contributed by atoms with van der Waals surface area (Å²) in [7, 11) is 0. The zero-order chi connectivity index (χ0) is 20.3. The molecule has 1 atom stereocenters. The van der Waals surface area contributed by atoms with Crippen LogP contribution in [0.4, 0.5) is 0 Å². The van der Waals surface area contributed by atoms with E-state index in [1.165, 1.54) is 6.20 Å². The molecule has 1 aromatic heterocycles. The van der Waals surface area contributed by atoms with Crippen molar-refractivity contribution in [3.63, 3.8) is 0 Å². The van der Waals surface area contributed by atoms with Crippen LogP contribution in [0.3, 0.4) is 0 Å². The van der Waals surface area contributed by atoms with Gasteiger partial charge < -0.3 is 19.7 Å². The minimum atomic E-state index is -0.662. The molecule has 4 rings (SSSR count). The highest BCUT2D eigenvalue weighted by Crippen LogP contribution is 2.35. The summed E-state index contributed by atoms with van der Waals surface area (Å²) in [6.45, 7) is 3.85. The van der Waals surface area contributed by atoms with Crippen molar-refractivity contribution in [2.75, 3.05) is 19.8 Å². The second-order valence-electron chi connectivity index (χ2n) is 7.64. The van der Waals surface area contributed by atoms with Crippen molar-refractivity contribution < 1.29 is 19.1 Å². The number of para-hydroxylation sites is 1. The van der Waals surface area contributed by atoms with Gasteiger partial charge in [0.15, 0.2) is 0 Å². The fraction of sp³-hybridized carbons (Fsp3) is 0.409. The molecule has 1 unspecified atom stereocenters. The number of nitrogens with one attached hydrogen (secondary N) is 1. The van der Waals surface area contributed by atoms with Gasteiger partial charge in [0, 0.05) is 37.3 Å². The summed E-state index contributed by atoms with van der Waals surface area (Å²) in [5.74, 6) is 0.372. The highest BCUT2D eigenvalue weighted by molar-refractivity contribution is 5.97. The SMILES string of the molecule is CC(NC(=O)c1cccnc1)C(=O)N1Cc2ccccc2OC2(CCOCC2)C1. The number of carbonyl (C=O) groups excluding carboxylic acids is 2. The van der Waals surface area contributed by atoms with E-state index in [0.29, 0.717) is 31.9 Å². The molecule has 1 saturated heterocycles. The van der Waals surface area contributed by atoms with E-state index in [0.717, 1.165) is 24.2 Å². The second-order valence-corrected chi connectivity index (χ2v) is 7.64. The van der Waals surface area contributed by atoms with Gasteiger partial charge in [0.25, 0.3) is 5.91 Å². The lowest BCUT2D eigenvalue weighted by Gasteiger charge is -2.39. The van der Waals surface area contributed by atoms with Gasteiger partial charge in [0.05, 0.1) is 25.3 Å². The van der Waals surface area contributed by atoms with Gasteiger partial charge in [-0.15, -0.1) is 0 Å². The molecular formula is C22H25N3O4. The fourth-order valence-electron chi connectivity index (χ4n) is 3.88. The second kappa shape index (κ2) is 8.21. The molecule has 0 bridgehead atoms. The number of pyridine rings is 1. The van der Waals surface area contributed by atoms with Gasteiger partial charge in [-0.25, -0.2) is 0 Å². The Morgan fingerprint density at radius 1 is 1.17 bits per heavy atom. The van der Waals surface area contributed by atoms with Gasteiger partial charge in [-0.3, -0.25) is 14.6 Å². The van der Waals surface area contributed by atoms with Crippen molar-refractivity contribution in [3.8, 4) is 5.75 Å². The van der Waals surface area contributed by atoms with E-state index < -0.39 is 11.6 Å². The molecule has 3 heterocycles. The average molecular weight is 395 g/mol. The Labute approximate surface area is 170 Å². The molecule has 152 valence electrons. The maximum Gasteiger partial charge on any atom is 0.253 e. The number of benzene rings is 1. The van der Waals surface area contributed by atoms with Crippen molar-refractivity contribution in [1.29, 1.82) is 0 Å². The number of nitrogens with zero attached hydrogens (tertiary/aromatic N) is 2. The zero-order valence-corrected chi connectivity index (χ0v) is 16.5. The highest BCUT2D eigenvalue weighted by Gasteiger charge is 2.41. The van der Waals surface area contributed by atoms with E-state index in [-0.39, 0.29) is 11.8 Å². The third-order valence-electron chi connectivity index (χ3n) is 5.50. The first-order valence-electron chi connectivity index (χ1n) is 9.91. The van der Waals surface area contributed by atoms with E-state index in [9.17, 15) is 9.59 Å². The van der Waals surface area contributed by atoms with Crippen LogP contribution in [-0.2, 0) is 16.1 Å². The van der Waals surface area contributed by atoms with Gasteiger partial charge >= 0.3 is 0 Å². The molecule has 0 radical (unpaired) electrons. The number of fused-ring (bicyclic) bond motifs is 1. The quantitative estimate of drug-likeness (QED) is 0.862. The first-order valence-corrected chi connectivity index (χ1v) is 9.91. The number of aromatic nitrogens is 1. The van der Waals surface area contributed by atoms with E-state index in [4.69, 9.17) is 9.47 Å². The maximum absolute atomic E-state index is 13.3. The van der Waals surface area contributed by atoms with Gasteiger partial charge in [0.1, 0.15) is 17.4 Å². The van der Waals surface area contributed by atoms with E-state index in [1.54, 1.807) is 30.2 Å². The predicted molar refractivity (Wildman–Crippen MR) is 106 cm³/mol. The topological polar surface area (TPSA) is 80.8 Å². The van der Waals surface area contributed by atoms with Crippen LogP contribution in [0.5, 0.6) is 5.75 Å². The summed E-state index contributed by atoms with van der Waals surface area (Å²) in [5.41, 5.74) is 0.931. The standard InChI is InChI=1S/C22H25N3O4/c1-16(24-20(26)17-6-4-10-23-13-17)21(27)25-14-18-5-2-3-7-19(18)29-22(15-25)8-11-28-12-9-22/h2-7,10,13,16H,8-9,11-12,14-15H2,1H3,(H,24,26). The Kier molecular flexibility index (Phi) is 5.49. The largest absolute Gasteiger partial charge is 0.485 e. The monoisotopic (exact) mass is 395 g/mol. The molecule has 0 aliphatic carbocycles. The Morgan fingerprint density at radius 3 is 2.72 bits per heavy atom. The number of hydrogen-bond acceptors (Lipinski definition) is 5. The zero-order valence-electron chi connectivity index (χ0n) is 16.5. The molecular weight excluding hydrogens is 370 g/mol. The summed E-state index contributed by atoms with van der Waals surface area (Å²) >= 11 is 0. The van der Waals surface area contributed by atoms with Gasteiger partial charge in [-0.2, -0.15) is 0 Å². The fourth-order valence-corrected chi connectivity index (χ4v) is 3.88. The van der Waals surface area contributed by atoms with Crippen LogP contribution in [-0.4, -0.2) is 53.1 Å². The summed E-state index contributed by atoms with van der Waals surface area (Å²) in [6.07, 6.45) is 4.54. The van der Waals surface area contributed by atoms with Crippen LogP contribution >= 0.6 is 0 Å². The molecule has 2 aliphatic rings. The lowest BCUT2D eigenvalue weighted by Crippen LogP contribution is -2.54. The number of carbonyl (C=O) groups is 2. The van der Waals surface area contributed by atoms with Crippen molar-refractivity contribution in [2.45, 2.75) is 38.0 Å². The van der Waals surface area contributed by atoms with Crippen molar-refractivity contribution in [1.82, 2.24) is 15.2 Å². The Balaban J connectivity index is 1.54. The molecule has 7 heteroatoms. The summed E-state index contributed by atoms with van der Waals surface area (Å²) in [6, 6.07) is 10.5. The lowest BCUT2D eigenvalue weighted by molar-refractivity contribution is -0.138. The highest BCUT2D eigenvalue weighted by atomic mass is 16.5. The van der Waals surface area contributed by atoms with Gasteiger partial charge in [0.2, 0.25) is 5.91 Å². The Bertz CT molecular complexity index is 881. The Morgan fingerprint density at radius 2 is 1.97 bits per heavy atom. The van der Waals surface area contributed by atoms with E-state index >= 15 is 0 Å². The normalized spacial score (nSPS) is 18.9. The van der Waals surface area contributed by atoms with Gasteiger partial charge in [-0.05, 0) is 25.1 Å². The number of hydrogen-bond donors (Lipinski definition) is 1. The molecule has 1 fully saturated rings. The average Bonchev–Trinajstić information content (AvgIpc) is 2.90. The molecule has 1 spiro atoms. The minimum absolute atomic E-state index is 0.131. The molecule has 2 aliphatic heterocycles. The van der Waals surface area contributed by atoms with Crippen LogP contribution in [0.1, 0.15) is 35.7 Å². The van der Waals surface area contributed by atoms with Crippen LogP contribution in [0.15, 0.2) is 48.8 Å². The summed E-state index contributed by atoms with van der Waals surface area (Å²) < 4.78 is 12.0. The van der Waals surface area contributed by atoms with Crippen LogP contribution in [0.2, 0.25) is 0 Å². The smallest absolute Gasteiger partial charge is 0.253 e. The summed E-state index contributed by atoms with van der Waals surface area (Å²) in [5, 5.41) is 2.79. The maximum atomic E-state index is 13.3. The van der Waals surface area contributed by atoms with Crippen LogP contribution in [0, 0.1) is 0 Å². The molecule has 7 nitrogen and oxygen atoms in total. The van der Waals surface area contributed by atoms with Crippen molar-refractivity contribution in [2.24, 2.45) is 0 Å². The molecule has 1 aromatic carbocycles. The van der Waals surface area contributed by atoms with Crippen LogP contribution in [0.25, 0.3) is 0 Å². The number of ether oxygens (including phenoxy) is 2. The van der Waals surface area contributed by atoms with Crippen LogP contribution < -0.4 is 10.1 Å². The first-order chi connectivity index (χ1) is 14.1. The Hall–Kier alpha value is -2.93. The lowest BCUT2D eigenvalue weighted by atomic mass is 9.93. The third kappa shape index (κ3) is 4.24. The minimum Gasteiger partial charge on any atom is -0.485 e. The molecule has 0 saturated carbocycles. The molecule has 1 N–H and O–H groups in total. The predicted octanol–water partition coefficient (Wildman–Crippen LogP) is 2.17. The van der Waals surface area contributed by atoms with Crippen molar-refractivity contribution >= 4 is 11.8 Å². The van der Waals surface area contributed by atoms with E-state index in [1.807, 2.05) is 24.3 Å². The third-order valence-corrected chi connectivity index (χ3v) is 5.50. The van der Waals surface area contributed by atoms with Crippen molar-refractivity contribution in [3.05, 3.63) is 59.9 Å². The molecule has 2 amide bonds. The first kappa shape index (κ1) is 19.4. The number of amides is 2. The molecule has 29 heavy (non-hydrogen) atoms. The van der Waals surface area contributed by atoms with Gasteiger partial charge in [-0.1, -0.05) is 18.2 Å². The summed E-state index contributed by atoms with van der Waals surface area (Å²) in [4.78, 5) is 31.5. The molecule has 2 aromatic rings. The number of rotatable bonds is 3.